The van der Waals surface area contributed by atoms with E-state index in [1.165, 1.54) is 0 Å². The molecule has 0 bridgehead atoms. The van der Waals surface area contributed by atoms with Crippen molar-refractivity contribution in [3.8, 4) is 0 Å². The lowest BCUT2D eigenvalue weighted by atomic mass is 9.82. The van der Waals surface area contributed by atoms with Crippen molar-refractivity contribution in [1.29, 1.82) is 0 Å². The van der Waals surface area contributed by atoms with Gasteiger partial charge in [-0.05, 0) is 63.2 Å². The van der Waals surface area contributed by atoms with Gasteiger partial charge in [0.15, 0.2) is 0 Å². The Morgan fingerprint density at radius 2 is 1.76 bits per heavy atom. The molecule has 0 saturated heterocycles. The molecule has 0 aromatic carbocycles. The van der Waals surface area contributed by atoms with Crippen LogP contribution in [-0.2, 0) is 14.4 Å². The van der Waals surface area contributed by atoms with E-state index in [0.717, 1.165) is 89.9 Å². The lowest BCUT2D eigenvalue weighted by Crippen LogP contribution is -2.32. The van der Waals surface area contributed by atoms with Crippen molar-refractivity contribution in [1.82, 2.24) is 5.32 Å². The molecule has 3 N–H and O–H groups in total. The van der Waals surface area contributed by atoms with Gasteiger partial charge in [0.1, 0.15) is 5.78 Å². The molecule has 0 radical (unpaired) electrons. The minimum Gasteiger partial charge on any atom is -0.481 e. The molecule has 6 nitrogen and oxygen atoms in total. The number of carboxylic acids is 1. The number of ketones is 1. The van der Waals surface area contributed by atoms with E-state index in [-0.39, 0.29) is 23.7 Å². The number of rotatable bonds is 16. The third-order valence-electron chi connectivity index (χ3n) is 7.79. The first kappa shape index (κ1) is 28.5. The highest BCUT2D eigenvalue weighted by Gasteiger charge is 2.32. The highest BCUT2D eigenvalue weighted by atomic mass is 16.4. The van der Waals surface area contributed by atoms with Crippen LogP contribution in [0.15, 0.2) is 12.2 Å². The molecule has 0 aliphatic heterocycles. The summed E-state index contributed by atoms with van der Waals surface area (Å²) in [5, 5.41) is 22.2. The minimum atomic E-state index is -0.691. The van der Waals surface area contributed by atoms with Gasteiger partial charge < -0.3 is 15.5 Å². The normalized spacial score (nSPS) is 26.1. The largest absolute Gasteiger partial charge is 0.481 e. The van der Waals surface area contributed by atoms with Gasteiger partial charge in [0.25, 0.3) is 0 Å². The molecule has 0 aromatic rings. The number of hydrogen-bond donors (Lipinski definition) is 3. The summed E-state index contributed by atoms with van der Waals surface area (Å²) in [5.74, 6) is 0.329. The molecular weight excluding hydrogens is 430 g/mol. The quantitative estimate of drug-likeness (QED) is 0.203. The second-order valence-electron chi connectivity index (χ2n) is 10.5. The predicted molar refractivity (Wildman–Crippen MR) is 134 cm³/mol. The first-order valence-electron chi connectivity index (χ1n) is 13.8. The molecule has 2 fully saturated rings. The number of aliphatic hydroxyl groups excluding tert-OH is 1. The summed E-state index contributed by atoms with van der Waals surface area (Å²) in [6.45, 7) is 2.82. The average molecular weight is 478 g/mol. The second-order valence-corrected chi connectivity index (χ2v) is 10.5. The average Bonchev–Trinajstić information content (AvgIpc) is 3.18. The molecule has 2 saturated carbocycles. The molecule has 3 atom stereocenters. The van der Waals surface area contributed by atoms with Crippen molar-refractivity contribution in [3.63, 3.8) is 0 Å². The molecule has 6 heteroatoms. The van der Waals surface area contributed by atoms with Crippen molar-refractivity contribution in [2.45, 2.75) is 116 Å². The van der Waals surface area contributed by atoms with Gasteiger partial charge in [-0.3, -0.25) is 14.4 Å². The molecule has 2 rings (SSSR count). The molecule has 3 unspecified atom stereocenters. The molecular formula is C28H47NO5. The number of carbonyl (C=O) groups excluding carboxylic acids is 2. The number of Topliss-reactive ketones (excluding diaryl/α,β-unsaturated/α-hetero) is 1. The fourth-order valence-electron chi connectivity index (χ4n) is 5.47. The van der Waals surface area contributed by atoms with Crippen LogP contribution in [0.4, 0.5) is 0 Å². The van der Waals surface area contributed by atoms with Gasteiger partial charge in [0, 0.05) is 25.3 Å². The molecule has 194 valence electrons. The fourth-order valence-corrected chi connectivity index (χ4v) is 5.47. The van der Waals surface area contributed by atoms with E-state index < -0.39 is 12.1 Å². The molecule has 2 aliphatic carbocycles. The summed E-state index contributed by atoms with van der Waals surface area (Å²) < 4.78 is 0. The Balaban J connectivity index is 1.53. The number of amides is 1. The molecule has 0 aromatic heterocycles. The van der Waals surface area contributed by atoms with Crippen LogP contribution < -0.4 is 5.32 Å². The van der Waals surface area contributed by atoms with Gasteiger partial charge in [-0.25, -0.2) is 0 Å². The highest BCUT2D eigenvalue weighted by Crippen LogP contribution is 2.34. The van der Waals surface area contributed by atoms with E-state index in [1.807, 2.05) is 6.08 Å². The van der Waals surface area contributed by atoms with Gasteiger partial charge in [-0.2, -0.15) is 0 Å². The van der Waals surface area contributed by atoms with Crippen molar-refractivity contribution in [2.75, 3.05) is 6.54 Å². The Kier molecular flexibility index (Phi) is 13.5. The number of carbonyl (C=O) groups is 3. The van der Waals surface area contributed by atoms with E-state index in [4.69, 9.17) is 5.11 Å². The fraction of sp³-hybridized carbons (Fsp3) is 0.821. The third kappa shape index (κ3) is 10.7. The van der Waals surface area contributed by atoms with Crippen LogP contribution in [0.1, 0.15) is 110 Å². The summed E-state index contributed by atoms with van der Waals surface area (Å²) in [5.41, 5.74) is 0. The molecule has 0 spiro atoms. The summed E-state index contributed by atoms with van der Waals surface area (Å²) in [4.78, 5) is 35.5. The SMILES string of the molecule is CCCCCC(O)C=CC1CCC(=O)C1CCCCCCC(=O)NCC1CCC(C(=O)O)CC1. The van der Waals surface area contributed by atoms with Crippen molar-refractivity contribution < 1.29 is 24.6 Å². The predicted octanol–water partition coefficient (Wildman–Crippen LogP) is 5.43. The van der Waals surface area contributed by atoms with E-state index in [1.54, 1.807) is 0 Å². The van der Waals surface area contributed by atoms with E-state index in [9.17, 15) is 19.5 Å². The minimum absolute atomic E-state index is 0.0917. The van der Waals surface area contributed by atoms with Crippen LogP contribution in [0, 0.1) is 23.7 Å². The Hall–Kier alpha value is -1.69. The van der Waals surface area contributed by atoms with Crippen LogP contribution in [0.5, 0.6) is 0 Å². The molecule has 0 heterocycles. The zero-order valence-corrected chi connectivity index (χ0v) is 21.2. The number of nitrogens with one attached hydrogen (secondary N) is 1. The lowest BCUT2D eigenvalue weighted by molar-refractivity contribution is -0.143. The Bertz CT molecular complexity index is 653. The molecule has 34 heavy (non-hydrogen) atoms. The van der Waals surface area contributed by atoms with Gasteiger partial charge in [-0.1, -0.05) is 57.6 Å². The molecule has 2 aliphatic rings. The first-order valence-corrected chi connectivity index (χ1v) is 13.8. The van der Waals surface area contributed by atoms with Crippen LogP contribution in [0.25, 0.3) is 0 Å². The summed E-state index contributed by atoms with van der Waals surface area (Å²) in [7, 11) is 0. The Labute approximate surface area is 206 Å². The lowest BCUT2D eigenvalue weighted by Gasteiger charge is -2.26. The number of unbranched alkanes of at least 4 members (excludes halogenated alkanes) is 5. The maximum Gasteiger partial charge on any atom is 0.306 e. The topological polar surface area (TPSA) is 104 Å². The Morgan fingerprint density at radius 1 is 1.03 bits per heavy atom. The summed E-state index contributed by atoms with van der Waals surface area (Å²) >= 11 is 0. The van der Waals surface area contributed by atoms with Crippen LogP contribution >= 0.6 is 0 Å². The standard InChI is InChI=1S/C28H47NO5/c1-2-3-6-9-24(30)18-16-22-17-19-26(31)25(22)10-7-4-5-8-11-27(32)29-20-21-12-14-23(15-13-21)28(33)34/h16,18,21-25,30H,2-15,17,19-20H2,1H3,(H,29,32)(H,33,34). The zero-order valence-electron chi connectivity index (χ0n) is 21.2. The smallest absolute Gasteiger partial charge is 0.306 e. The monoisotopic (exact) mass is 477 g/mol. The first-order chi connectivity index (χ1) is 16.4. The van der Waals surface area contributed by atoms with Crippen LogP contribution in [0.3, 0.4) is 0 Å². The van der Waals surface area contributed by atoms with Gasteiger partial charge in [0.05, 0.1) is 12.0 Å². The Morgan fingerprint density at radius 3 is 2.47 bits per heavy atom. The van der Waals surface area contributed by atoms with Crippen LogP contribution in [-0.4, -0.2) is 40.5 Å². The van der Waals surface area contributed by atoms with Crippen LogP contribution in [0.2, 0.25) is 0 Å². The number of carboxylic acid groups (broad SMARTS) is 1. The maximum atomic E-state index is 12.3. The highest BCUT2D eigenvalue weighted by molar-refractivity contribution is 5.83. The molecule has 1 amide bonds. The second kappa shape index (κ2) is 16.1. The number of aliphatic carboxylic acids is 1. The van der Waals surface area contributed by atoms with Crippen molar-refractivity contribution in [3.05, 3.63) is 12.2 Å². The van der Waals surface area contributed by atoms with E-state index in [0.29, 0.717) is 31.1 Å². The number of hydrogen-bond acceptors (Lipinski definition) is 4. The summed E-state index contributed by atoms with van der Waals surface area (Å²) in [6.07, 6.45) is 17.8. The zero-order chi connectivity index (χ0) is 24.8. The van der Waals surface area contributed by atoms with Crippen molar-refractivity contribution in [2.24, 2.45) is 23.7 Å². The van der Waals surface area contributed by atoms with Gasteiger partial charge >= 0.3 is 5.97 Å². The van der Waals surface area contributed by atoms with Crippen molar-refractivity contribution >= 4 is 17.7 Å². The summed E-state index contributed by atoms with van der Waals surface area (Å²) in [6, 6.07) is 0. The number of allylic oxidation sites excluding steroid dienone is 1. The van der Waals surface area contributed by atoms with E-state index >= 15 is 0 Å². The number of aliphatic hydroxyl groups is 1. The van der Waals surface area contributed by atoms with E-state index in [2.05, 4.69) is 18.3 Å². The third-order valence-corrected chi connectivity index (χ3v) is 7.79. The maximum absolute atomic E-state index is 12.3. The van der Waals surface area contributed by atoms with Gasteiger partial charge in [0.2, 0.25) is 5.91 Å². The van der Waals surface area contributed by atoms with Gasteiger partial charge in [-0.15, -0.1) is 0 Å².